The Morgan fingerprint density at radius 2 is 1.87 bits per heavy atom. The molecule has 0 bridgehead atoms. The van der Waals surface area contributed by atoms with Crippen LogP contribution >= 0.6 is 23.2 Å². The van der Waals surface area contributed by atoms with Gasteiger partial charge in [0.1, 0.15) is 5.69 Å². The van der Waals surface area contributed by atoms with Crippen LogP contribution in [0.3, 0.4) is 0 Å². The lowest BCUT2D eigenvalue weighted by Crippen LogP contribution is -2.37. The number of aromatic nitrogens is 2. The quantitative estimate of drug-likeness (QED) is 0.406. The smallest absolute Gasteiger partial charge is 0.309 e. The fourth-order valence-electron chi connectivity index (χ4n) is 2.83. The first kappa shape index (κ1) is 22.9. The Hall–Kier alpha value is -2.78. The first-order valence-electron chi connectivity index (χ1n) is 9.24. The lowest BCUT2D eigenvalue weighted by molar-refractivity contribution is -0.141. The average Bonchev–Trinajstić information content (AvgIpc) is 3.17. The molecule has 0 radical (unpaired) electrons. The predicted octanol–water partition coefficient (Wildman–Crippen LogP) is 5.51. The Labute approximate surface area is 186 Å². The highest BCUT2D eigenvalue weighted by atomic mass is 35.5. The Balaban J connectivity index is 1.86. The summed E-state index contributed by atoms with van der Waals surface area (Å²) in [7, 11) is 0. The molecule has 2 aromatic rings. The number of anilines is 1. The van der Waals surface area contributed by atoms with Crippen LogP contribution in [0.4, 0.5) is 19.0 Å². The second-order valence-corrected chi connectivity index (χ2v) is 7.54. The molecule has 1 aromatic carbocycles. The number of carbonyl (C=O) groups excluding carboxylic acids is 1. The van der Waals surface area contributed by atoms with Crippen molar-refractivity contribution in [2.24, 2.45) is 4.99 Å². The second-order valence-electron chi connectivity index (χ2n) is 6.69. The number of benzene rings is 1. The topological polar surface area (TPSA) is 82.2 Å². The van der Waals surface area contributed by atoms with Crippen molar-refractivity contribution in [3.63, 3.8) is 0 Å². The summed E-state index contributed by atoms with van der Waals surface area (Å²) in [6.45, 7) is 1.76. The van der Waals surface area contributed by atoms with E-state index in [1.54, 1.807) is 19.1 Å². The van der Waals surface area contributed by atoms with Gasteiger partial charge in [0.05, 0.1) is 6.04 Å². The standard InChI is InChI=1S/C20H18Cl2F3N5O/c1-11(14-4-2-3-5-15(14)22)26-19(27-17-10-16(29-30-17)20(23,24)25)28-18(31)12-6-8-13(21)9-7-12/h4-11H,2-3H2,1H3,(H3,26,27,28,29,30,31). The molecule has 0 spiro atoms. The minimum Gasteiger partial charge on any atom is -0.309 e. The Morgan fingerprint density at radius 3 is 2.48 bits per heavy atom. The molecular formula is C20H18Cl2F3N5O. The molecule has 6 nitrogen and oxygen atoms in total. The Morgan fingerprint density at radius 1 is 1.19 bits per heavy atom. The fraction of sp³-hybridized carbons (Fsp3) is 0.250. The zero-order valence-electron chi connectivity index (χ0n) is 16.2. The summed E-state index contributed by atoms with van der Waals surface area (Å²) in [4.78, 5) is 17.0. The lowest BCUT2D eigenvalue weighted by atomic mass is 10.0. The van der Waals surface area contributed by atoms with E-state index < -0.39 is 23.8 Å². The number of aromatic amines is 1. The van der Waals surface area contributed by atoms with Gasteiger partial charge in [-0.15, -0.1) is 0 Å². The number of allylic oxidation sites excluding steroid dienone is 2. The van der Waals surface area contributed by atoms with E-state index in [2.05, 4.69) is 20.7 Å². The van der Waals surface area contributed by atoms with E-state index in [0.29, 0.717) is 15.6 Å². The van der Waals surface area contributed by atoms with E-state index in [0.717, 1.165) is 24.5 Å². The van der Waals surface area contributed by atoms with Gasteiger partial charge in [0, 0.05) is 21.7 Å². The van der Waals surface area contributed by atoms with E-state index in [9.17, 15) is 18.0 Å². The second kappa shape index (κ2) is 9.57. The first-order chi connectivity index (χ1) is 14.6. The molecule has 0 saturated heterocycles. The van der Waals surface area contributed by atoms with E-state index in [1.807, 2.05) is 17.3 Å². The number of nitrogens with one attached hydrogen (secondary N) is 3. The molecule has 3 rings (SSSR count). The van der Waals surface area contributed by atoms with E-state index in [4.69, 9.17) is 23.2 Å². The number of halogens is 5. The fourth-order valence-corrected chi connectivity index (χ4v) is 3.30. The molecule has 1 atom stereocenters. The van der Waals surface area contributed by atoms with Crippen molar-refractivity contribution in [3.05, 3.63) is 69.4 Å². The van der Waals surface area contributed by atoms with Gasteiger partial charge in [-0.3, -0.25) is 15.2 Å². The predicted molar refractivity (Wildman–Crippen MR) is 114 cm³/mol. The van der Waals surface area contributed by atoms with Crippen LogP contribution in [0.25, 0.3) is 0 Å². The first-order valence-corrected chi connectivity index (χ1v) is 9.99. The molecule has 1 aliphatic rings. The minimum absolute atomic E-state index is 0.0800. The third-order valence-corrected chi connectivity index (χ3v) is 5.00. The monoisotopic (exact) mass is 471 g/mol. The number of H-pyrrole nitrogens is 1. The lowest BCUT2D eigenvalue weighted by Gasteiger charge is -2.17. The number of hydrogen-bond acceptors (Lipinski definition) is 3. The number of aliphatic imine (C=N–C) groups is 1. The van der Waals surface area contributed by atoms with Crippen LogP contribution in [0.15, 0.2) is 58.1 Å². The van der Waals surface area contributed by atoms with Gasteiger partial charge in [-0.2, -0.15) is 18.3 Å². The van der Waals surface area contributed by atoms with Gasteiger partial charge in [-0.25, -0.2) is 4.99 Å². The van der Waals surface area contributed by atoms with E-state index in [-0.39, 0.29) is 11.8 Å². The van der Waals surface area contributed by atoms with Crippen LogP contribution in [0.1, 0.15) is 35.8 Å². The molecule has 1 aromatic heterocycles. The maximum Gasteiger partial charge on any atom is 0.432 e. The maximum atomic E-state index is 12.9. The SMILES string of the molecule is CC(N=C(NC(=O)c1ccc(Cl)cc1)Nc1cc(C(F)(F)F)[nH]n1)C1=CCCC=C1Cl. The van der Waals surface area contributed by atoms with Crippen LogP contribution in [0.5, 0.6) is 0 Å². The molecule has 1 heterocycles. The molecule has 0 fully saturated rings. The van der Waals surface area contributed by atoms with Crippen molar-refractivity contribution in [2.45, 2.75) is 32.0 Å². The molecule has 164 valence electrons. The Bertz CT molecular complexity index is 1040. The molecule has 0 aliphatic heterocycles. The van der Waals surface area contributed by atoms with Crippen LogP contribution in [-0.2, 0) is 6.18 Å². The normalized spacial score (nSPS) is 15.7. The van der Waals surface area contributed by atoms with Gasteiger partial charge in [0.2, 0.25) is 5.96 Å². The Kier molecular flexibility index (Phi) is 7.07. The summed E-state index contributed by atoms with van der Waals surface area (Å²) in [5.74, 6) is -0.765. The summed E-state index contributed by atoms with van der Waals surface area (Å²) < 4.78 is 38.6. The zero-order valence-corrected chi connectivity index (χ0v) is 17.7. The van der Waals surface area contributed by atoms with Crippen LogP contribution in [-0.4, -0.2) is 28.1 Å². The molecule has 0 saturated carbocycles. The van der Waals surface area contributed by atoms with Crippen LogP contribution in [0.2, 0.25) is 5.02 Å². The van der Waals surface area contributed by atoms with Gasteiger partial charge in [0.15, 0.2) is 5.82 Å². The summed E-state index contributed by atoms with van der Waals surface area (Å²) in [6, 6.07) is 6.42. The molecule has 1 unspecified atom stereocenters. The van der Waals surface area contributed by atoms with Gasteiger partial charge in [0.25, 0.3) is 5.91 Å². The number of carbonyl (C=O) groups is 1. The third-order valence-electron chi connectivity index (χ3n) is 4.37. The number of alkyl halides is 3. The molecule has 1 amide bonds. The summed E-state index contributed by atoms with van der Waals surface area (Å²) in [5.41, 5.74) is 0.0118. The van der Waals surface area contributed by atoms with Crippen molar-refractivity contribution in [1.82, 2.24) is 15.5 Å². The molecule has 31 heavy (non-hydrogen) atoms. The summed E-state index contributed by atoms with van der Waals surface area (Å²) in [5, 5.41) is 11.7. The van der Waals surface area contributed by atoms with E-state index >= 15 is 0 Å². The highest BCUT2D eigenvalue weighted by Gasteiger charge is 2.33. The van der Waals surface area contributed by atoms with E-state index in [1.165, 1.54) is 12.1 Å². The summed E-state index contributed by atoms with van der Waals surface area (Å²) in [6.07, 6.45) is 0.816. The van der Waals surface area contributed by atoms with Crippen molar-refractivity contribution >= 4 is 40.9 Å². The third kappa shape index (κ3) is 6.11. The summed E-state index contributed by atoms with van der Waals surface area (Å²) >= 11 is 12.1. The average molecular weight is 472 g/mol. The number of nitrogens with zero attached hydrogens (tertiary/aromatic N) is 2. The minimum atomic E-state index is -4.59. The molecular weight excluding hydrogens is 454 g/mol. The van der Waals surface area contributed by atoms with Crippen LogP contribution in [0, 0.1) is 0 Å². The van der Waals surface area contributed by atoms with Crippen molar-refractivity contribution < 1.29 is 18.0 Å². The van der Waals surface area contributed by atoms with Gasteiger partial charge < -0.3 is 5.32 Å². The number of rotatable bonds is 4. The van der Waals surface area contributed by atoms with Gasteiger partial charge in [-0.1, -0.05) is 35.4 Å². The molecule has 3 N–H and O–H groups in total. The highest BCUT2D eigenvalue weighted by molar-refractivity contribution is 6.32. The molecule has 11 heteroatoms. The van der Waals surface area contributed by atoms with Crippen molar-refractivity contribution in [1.29, 1.82) is 0 Å². The zero-order chi connectivity index (χ0) is 22.6. The number of hydrogen-bond donors (Lipinski definition) is 3. The largest absolute Gasteiger partial charge is 0.432 e. The number of guanidine groups is 1. The highest BCUT2D eigenvalue weighted by Crippen LogP contribution is 2.29. The maximum absolute atomic E-state index is 12.9. The molecule has 1 aliphatic carbocycles. The number of amides is 1. The van der Waals surface area contributed by atoms with Crippen LogP contribution < -0.4 is 10.6 Å². The van der Waals surface area contributed by atoms with Crippen molar-refractivity contribution in [3.8, 4) is 0 Å². The van der Waals surface area contributed by atoms with Gasteiger partial charge in [-0.05, 0) is 49.6 Å². The van der Waals surface area contributed by atoms with Gasteiger partial charge >= 0.3 is 6.18 Å². The van der Waals surface area contributed by atoms with Crippen molar-refractivity contribution in [2.75, 3.05) is 5.32 Å².